The lowest BCUT2D eigenvalue weighted by molar-refractivity contribution is -0.229. The van der Waals surface area contributed by atoms with Crippen molar-refractivity contribution < 1.29 is 30.3 Å². The van der Waals surface area contributed by atoms with Crippen molar-refractivity contribution in [1.82, 2.24) is 0 Å². The van der Waals surface area contributed by atoms with Gasteiger partial charge in [-0.2, -0.15) is 0 Å². The van der Waals surface area contributed by atoms with E-state index in [2.05, 4.69) is 47.6 Å². The minimum absolute atomic E-state index is 0.0357. The molecule has 0 saturated heterocycles. The molecular formula is C39H58O6. The third-order valence-electron chi connectivity index (χ3n) is 14.9. The Morgan fingerprint density at radius 2 is 1.64 bits per heavy atom. The maximum Gasteiger partial charge on any atom is 0.174 e. The van der Waals surface area contributed by atoms with Crippen LogP contribution in [0.5, 0.6) is 11.5 Å². The second-order valence-electron chi connectivity index (χ2n) is 17.6. The van der Waals surface area contributed by atoms with E-state index in [-0.39, 0.29) is 45.7 Å². The van der Waals surface area contributed by atoms with Crippen molar-refractivity contribution in [1.29, 1.82) is 0 Å². The molecule has 0 amide bonds. The average molecular weight is 623 g/mol. The van der Waals surface area contributed by atoms with E-state index >= 15 is 0 Å². The van der Waals surface area contributed by atoms with Crippen LogP contribution in [-0.2, 0) is 4.74 Å². The monoisotopic (exact) mass is 622 g/mol. The molecule has 0 spiro atoms. The maximum atomic E-state index is 11.5. The predicted octanol–water partition coefficient (Wildman–Crippen LogP) is 7.58. The fourth-order valence-electron chi connectivity index (χ4n) is 11.8. The molecule has 6 rings (SSSR count). The van der Waals surface area contributed by atoms with Crippen LogP contribution in [0.25, 0.3) is 6.08 Å². The lowest BCUT2D eigenvalue weighted by Crippen LogP contribution is -2.65. The molecule has 10 atom stereocenters. The molecule has 1 aromatic carbocycles. The van der Waals surface area contributed by atoms with Gasteiger partial charge in [0.05, 0.1) is 12.7 Å². The molecule has 5 N–H and O–H groups in total. The number of hydrogen-bond acceptors (Lipinski definition) is 6. The van der Waals surface area contributed by atoms with Crippen LogP contribution in [0.4, 0.5) is 0 Å². The molecule has 45 heavy (non-hydrogen) atoms. The van der Waals surface area contributed by atoms with E-state index in [1.54, 1.807) is 17.7 Å². The van der Waals surface area contributed by atoms with Crippen LogP contribution in [0.2, 0.25) is 0 Å². The van der Waals surface area contributed by atoms with Crippen molar-refractivity contribution >= 4 is 6.08 Å². The zero-order chi connectivity index (χ0) is 32.6. The van der Waals surface area contributed by atoms with Crippen molar-refractivity contribution in [3.63, 3.8) is 0 Å². The van der Waals surface area contributed by atoms with Gasteiger partial charge in [-0.25, -0.2) is 0 Å². The van der Waals surface area contributed by atoms with Gasteiger partial charge < -0.3 is 30.3 Å². The first-order valence-corrected chi connectivity index (χ1v) is 17.5. The number of phenolic OH excluding ortho intramolecular Hbond substituents is 2. The zero-order valence-electron chi connectivity index (χ0n) is 28.5. The summed E-state index contributed by atoms with van der Waals surface area (Å²) in [6.07, 6.45) is 14.9. The number of aliphatic hydroxyl groups excluding tert-OH is 3. The van der Waals surface area contributed by atoms with Crippen LogP contribution in [-0.4, -0.2) is 51.1 Å². The highest BCUT2D eigenvalue weighted by molar-refractivity contribution is 5.55. The number of rotatable bonds is 6. The molecular weight excluding hydrogens is 564 g/mol. The summed E-state index contributed by atoms with van der Waals surface area (Å²) in [6.45, 7) is 15.2. The van der Waals surface area contributed by atoms with Gasteiger partial charge in [0, 0.05) is 17.4 Å². The number of aromatic hydroxyl groups is 2. The molecule has 0 radical (unpaired) electrons. The number of ether oxygens (including phenoxy) is 1. The van der Waals surface area contributed by atoms with Crippen LogP contribution < -0.4 is 0 Å². The molecule has 250 valence electrons. The summed E-state index contributed by atoms with van der Waals surface area (Å²) in [5.74, 6) is 0.823. The quantitative estimate of drug-likeness (QED) is 0.127. The van der Waals surface area contributed by atoms with Gasteiger partial charge in [-0.3, -0.25) is 0 Å². The van der Waals surface area contributed by atoms with Crippen molar-refractivity contribution in [3.05, 3.63) is 41.5 Å². The van der Waals surface area contributed by atoms with Gasteiger partial charge in [0.15, 0.2) is 17.8 Å². The van der Waals surface area contributed by atoms with Crippen molar-refractivity contribution in [2.24, 2.45) is 50.2 Å². The molecule has 0 aromatic heterocycles. The molecule has 5 aliphatic carbocycles. The topological polar surface area (TPSA) is 110 Å². The summed E-state index contributed by atoms with van der Waals surface area (Å²) < 4.78 is 6.05. The Balaban J connectivity index is 1.25. The van der Waals surface area contributed by atoms with E-state index in [0.717, 1.165) is 51.4 Å². The van der Waals surface area contributed by atoms with E-state index in [4.69, 9.17) is 4.74 Å². The fourth-order valence-corrected chi connectivity index (χ4v) is 11.8. The number of phenols is 2. The first-order chi connectivity index (χ1) is 21.0. The number of fused-ring (bicyclic) bond motifs is 7. The van der Waals surface area contributed by atoms with E-state index in [9.17, 15) is 25.5 Å². The van der Waals surface area contributed by atoms with Gasteiger partial charge in [0.25, 0.3) is 0 Å². The third kappa shape index (κ3) is 5.03. The van der Waals surface area contributed by atoms with Crippen LogP contribution in [0.15, 0.2) is 35.9 Å². The second-order valence-corrected chi connectivity index (χ2v) is 17.6. The normalized spacial score (nSPS) is 44.7. The standard InChI is InChI=1S/C39H58O6/c1-34(2)17-19-39(23-40)20-18-37(5)26(27(39)22-34)9-11-31-35(3)15-14-32(43)36(4,30(35)13-16-38(31,37)6)24-45-33(44)12-8-25-7-10-28(41)29(42)21-25/h7-10,12,21,27,30-33,40-44H,11,13-20,22-24H2,1-6H3/b12-8+. The first-order valence-electron chi connectivity index (χ1n) is 17.5. The van der Waals surface area contributed by atoms with Gasteiger partial charge in [0.1, 0.15) is 0 Å². The Morgan fingerprint density at radius 3 is 2.36 bits per heavy atom. The zero-order valence-corrected chi connectivity index (χ0v) is 28.5. The largest absolute Gasteiger partial charge is 0.504 e. The molecule has 5 aliphatic rings. The van der Waals surface area contributed by atoms with Crippen molar-refractivity contribution in [2.75, 3.05) is 13.2 Å². The van der Waals surface area contributed by atoms with Crippen molar-refractivity contribution in [2.45, 2.75) is 118 Å². The summed E-state index contributed by atoms with van der Waals surface area (Å²) in [4.78, 5) is 0. The Bertz CT molecular complexity index is 1350. The molecule has 10 unspecified atom stereocenters. The SMILES string of the molecule is CC1(C)CCC2(CO)CCC3(C)C(=CCC4C5(C)CCC(O)C(C)(COC(O)/C=C/c6ccc(O)c(O)c6)C5CCC43C)C2C1. The number of hydrogen-bond donors (Lipinski definition) is 5. The van der Waals surface area contributed by atoms with Crippen LogP contribution >= 0.6 is 0 Å². The summed E-state index contributed by atoms with van der Waals surface area (Å²) in [6, 6.07) is 4.51. The maximum absolute atomic E-state index is 11.5. The minimum atomic E-state index is -1.15. The minimum Gasteiger partial charge on any atom is -0.504 e. The van der Waals surface area contributed by atoms with Crippen LogP contribution in [0.1, 0.15) is 111 Å². The third-order valence-corrected chi connectivity index (χ3v) is 14.9. The molecule has 0 aliphatic heterocycles. The summed E-state index contributed by atoms with van der Waals surface area (Å²) in [5.41, 5.74) is 2.43. The Morgan fingerprint density at radius 1 is 0.911 bits per heavy atom. The lowest BCUT2D eigenvalue weighted by atomic mass is 9.33. The Kier molecular flexibility index (Phi) is 8.16. The highest BCUT2D eigenvalue weighted by Gasteiger charge is 2.68. The van der Waals surface area contributed by atoms with E-state index in [1.807, 2.05) is 0 Å². The molecule has 4 saturated carbocycles. The van der Waals surface area contributed by atoms with E-state index in [1.165, 1.54) is 31.1 Å². The average Bonchev–Trinajstić information content (AvgIpc) is 2.99. The van der Waals surface area contributed by atoms with Gasteiger partial charge in [-0.05, 0) is 127 Å². The highest BCUT2D eigenvalue weighted by Crippen LogP contribution is 2.75. The number of aliphatic hydroxyl groups is 3. The van der Waals surface area contributed by atoms with Gasteiger partial charge in [-0.15, -0.1) is 0 Å². The summed E-state index contributed by atoms with van der Waals surface area (Å²) in [7, 11) is 0. The predicted molar refractivity (Wildman–Crippen MR) is 177 cm³/mol. The molecule has 0 heterocycles. The second kappa shape index (κ2) is 11.1. The molecule has 6 nitrogen and oxygen atoms in total. The lowest BCUT2D eigenvalue weighted by Gasteiger charge is -2.71. The van der Waals surface area contributed by atoms with Gasteiger partial charge >= 0.3 is 0 Å². The van der Waals surface area contributed by atoms with Gasteiger partial charge in [-0.1, -0.05) is 65.3 Å². The Hall–Kier alpha value is -1.86. The fraction of sp³-hybridized carbons (Fsp3) is 0.744. The number of allylic oxidation sites excluding steroid dienone is 2. The molecule has 6 heteroatoms. The summed E-state index contributed by atoms with van der Waals surface area (Å²) >= 11 is 0. The van der Waals surface area contributed by atoms with Crippen LogP contribution in [0.3, 0.4) is 0 Å². The molecule has 1 aromatic rings. The summed E-state index contributed by atoms with van der Waals surface area (Å²) in [5, 5.41) is 52.5. The van der Waals surface area contributed by atoms with Crippen LogP contribution in [0, 0.1) is 50.2 Å². The molecule has 4 fully saturated rings. The Labute approximate surface area is 270 Å². The van der Waals surface area contributed by atoms with Crippen molar-refractivity contribution in [3.8, 4) is 11.5 Å². The highest BCUT2D eigenvalue weighted by atomic mass is 16.6. The van der Waals surface area contributed by atoms with E-state index < -0.39 is 17.8 Å². The number of benzene rings is 1. The smallest absolute Gasteiger partial charge is 0.174 e. The van der Waals surface area contributed by atoms with Gasteiger partial charge in [0.2, 0.25) is 0 Å². The van der Waals surface area contributed by atoms with E-state index in [0.29, 0.717) is 29.4 Å². The first kappa shape index (κ1) is 33.1. The molecule has 0 bridgehead atoms.